The first-order chi connectivity index (χ1) is 13.1. The normalized spacial score (nSPS) is 24.9. The monoisotopic (exact) mass is 412 g/mol. The van der Waals surface area contributed by atoms with E-state index < -0.39 is 34.0 Å². The second-order valence-electron chi connectivity index (χ2n) is 7.41. The summed E-state index contributed by atoms with van der Waals surface area (Å²) in [5.74, 6) is -1.26. The summed E-state index contributed by atoms with van der Waals surface area (Å²) in [7, 11) is -3.84. The van der Waals surface area contributed by atoms with E-state index in [0.717, 1.165) is 0 Å². The van der Waals surface area contributed by atoms with Gasteiger partial charge in [0.25, 0.3) is 10.0 Å². The van der Waals surface area contributed by atoms with Crippen LogP contribution < -0.4 is 11.1 Å². The summed E-state index contributed by atoms with van der Waals surface area (Å²) in [6.45, 7) is 3.61. The molecule has 1 aliphatic heterocycles. The van der Waals surface area contributed by atoms with E-state index in [1.165, 1.54) is 16.6 Å². The molecular formula is C18H28N4O5S. The third kappa shape index (κ3) is 5.73. The predicted octanol–water partition coefficient (Wildman–Crippen LogP) is -0.141. The maximum absolute atomic E-state index is 12.8. The molecule has 0 spiro atoms. The number of carbonyl (C=O) groups is 2. The second-order valence-corrected chi connectivity index (χ2v) is 9.30. The minimum Gasteiger partial charge on any atom is -0.390 e. The van der Waals surface area contributed by atoms with Gasteiger partial charge in [0, 0.05) is 31.6 Å². The number of aromatic nitrogens is 1. The second kappa shape index (κ2) is 9.44. The summed E-state index contributed by atoms with van der Waals surface area (Å²) in [5.41, 5.74) is 5.19. The number of amides is 2. The molecule has 156 valence electrons. The molecule has 1 aromatic rings. The first kappa shape index (κ1) is 22.3. The van der Waals surface area contributed by atoms with Crippen LogP contribution in [0.2, 0.25) is 0 Å². The lowest BCUT2D eigenvalue weighted by molar-refractivity contribution is -0.124. The molecule has 4 N–H and O–H groups in total. The van der Waals surface area contributed by atoms with Crippen LogP contribution in [0.4, 0.5) is 0 Å². The number of aliphatic hydroxyl groups is 1. The molecule has 1 saturated heterocycles. The molecule has 2 amide bonds. The van der Waals surface area contributed by atoms with E-state index in [-0.39, 0.29) is 36.4 Å². The van der Waals surface area contributed by atoms with Crippen molar-refractivity contribution in [3.05, 3.63) is 24.4 Å². The van der Waals surface area contributed by atoms with E-state index in [4.69, 9.17) is 5.73 Å². The topological polar surface area (TPSA) is 143 Å². The van der Waals surface area contributed by atoms with Crippen molar-refractivity contribution in [2.75, 3.05) is 13.1 Å². The molecule has 0 unspecified atom stereocenters. The Morgan fingerprint density at radius 2 is 2.11 bits per heavy atom. The van der Waals surface area contributed by atoms with Crippen molar-refractivity contribution >= 4 is 21.8 Å². The molecule has 0 aliphatic carbocycles. The van der Waals surface area contributed by atoms with E-state index in [9.17, 15) is 23.1 Å². The van der Waals surface area contributed by atoms with Gasteiger partial charge in [-0.05, 0) is 30.9 Å². The van der Waals surface area contributed by atoms with Crippen LogP contribution in [0.1, 0.15) is 33.1 Å². The van der Waals surface area contributed by atoms with Crippen molar-refractivity contribution in [3.63, 3.8) is 0 Å². The van der Waals surface area contributed by atoms with Gasteiger partial charge in [0.15, 0.2) is 5.03 Å². The summed E-state index contributed by atoms with van der Waals surface area (Å²) in [5, 5.41) is 13.2. The van der Waals surface area contributed by atoms with Crippen molar-refractivity contribution in [1.82, 2.24) is 14.6 Å². The van der Waals surface area contributed by atoms with E-state index in [0.29, 0.717) is 12.8 Å². The minimum atomic E-state index is -3.84. The van der Waals surface area contributed by atoms with E-state index in [1.807, 2.05) is 6.92 Å². The molecular weight excluding hydrogens is 384 g/mol. The highest BCUT2D eigenvalue weighted by molar-refractivity contribution is 7.89. The third-order valence-corrected chi connectivity index (χ3v) is 6.65. The van der Waals surface area contributed by atoms with Crippen LogP contribution in [0, 0.1) is 11.8 Å². The van der Waals surface area contributed by atoms with E-state index in [1.54, 1.807) is 19.1 Å². The molecule has 1 aliphatic rings. The van der Waals surface area contributed by atoms with Crippen LogP contribution in [-0.2, 0) is 19.6 Å². The number of nitrogens with one attached hydrogen (secondary N) is 1. The SMILES string of the molecule is C[C@H]1C[C@H](NC(=O)CC[C@H](C)C(N)=O)[C@@H](O)CN(S(=O)(=O)c2ccccn2)C1. The summed E-state index contributed by atoms with van der Waals surface area (Å²) in [4.78, 5) is 27.2. The van der Waals surface area contributed by atoms with Crippen molar-refractivity contribution in [2.24, 2.45) is 17.6 Å². The minimum absolute atomic E-state index is 0.0719. The van der Waals surface area contributed by atoms with Gasteiger partial charge in [-0.15, -0.1) is 0 Å². The van der Waals surface area contributed by atoms with E-state index >= 15 is 0 Å². The molecule has 9 nitrogen and oxygen atoms in total. The smallest absolute Gasteiger partial charge is 0.260 e. The van der Waals surface area contributed by atoms with Crippen molar-refractivity contribution in [1.29, 1.82) is 0 Å². The van der Waals surface area contributed by atoms with Gasteiger partial charge in [-0.2, -0.15) is 4.31 Å². The molecule has 1 fully saturated rings. The Hall–Kier alpha value is -2.04. The van der Waals surface area contributed by atoms with Crippen LogP contribution in [0.15, 0.2) is 29.4 Å². The molecule has 0 saturated carbocycles. The first-order valence-corrected chi connectivity index (χ1v) is 10.7. The Labute approximate surface area is 165 Å². The van der Waals surface area contributed by atoms with Crippen LogP contribution in [0.25, 0.3) is 0 Å². The number of carbonyl (C=O) groups excluding carboxylic acids is 2. The van der Waals surface area contributed by atoms with E-state index in [2.05, 4.69) is 10.3 Å². The lowest BCUT2D eigenvalue weighted by atomic mass is 9.99. The summed E-state index contributed by atoms with van der Waals surface area (Å²) in [6.07, 6.45) is 1.21. The molecule has 0 bridgehead atoms. The number of nitrogens with zero attached hydrogens (tertiary/aromatic N) is 2. The van der Waals surface area contributed by atoms with Gasteiger partial charge < -0.3 is 16.2 Å². The third-order valence-electron chi connectivity index (χ3n) is 4.91. The highest BCUT2D eigenvalue weighted by Gasteiger charge is 2.36. The maximum Gasteiger partial charge on any atom is 0.260 e. The number of hydrogen-bond donors (Lipinski definition) is 3. The number of nitrogens with two attached hydrogens (primary N) is 1. The lowest BCUT2D eigenvalue weighted by Crippen LogP contribution is -2.47. The average molecular weight is 413 g/mol. The number of hydrogen-bond acceptors (Lipinski definition) is 6. The summed E-state index contributed by atoms with van der Waals surface area (Å²) in [6, 6.07) is 4.06. The van der Waals surface area contributed by atoms with Crippen molar-refractivity contribution < 1.29 is 23.1 Å². The standard InChI is InChI=1S/C18H28N4O5S/c1-12-9-14(21-16(24)7-6-13(2)18(19)25)15(23)11-22(10-12)28(26,27)17-5-3-4-8-20-17/h3-5,8,12-15,23H,6-7,9-11H2,1-2H3,(H2,19,25)(H,21,24)/t12-,13-,14-,15-/m0/s1. The number of β-amino-alcohol motifs (C(OH)–C–C–N with tert-alkyl or cyclic N) is 1. The Morgan fingerprint density at radius 3 is 2.71 bits per heavy atom. The Bertz CT molecular complexity index is 786. The Morgan fingerprint density at radius 1 is 1.39 bits per heavy atom. The van der Waals surface area contributed by atoms with Crippen LogP contribution in [-0.4, -0.2) is 59.9 Å². The Balaban J connectivity index is 2.04. The number of aliphatic hydroxyl groups excluding tert-OH is 1. The van der Waals surface area contributed by atoms with Gasteiger partial charge in [-0.25, -0.2) is 13.4 Å². The number of rotatable bonds is 7. The molecule has 0 aromatic carbocycles. The average Bonchev–Trinajstić information content (AvgIpc) is 2.79. The maximum atomic E-state index is 12.8. The fourth-order valence-electron chi connectivity index (χ4n) is 3.18. The zero-order valence-electron chi connectivity index (χ0n) is 16.1. The molecule has 2 rings (SSSR count). The summed E-state index contributed by atoms with van der Waals surface area (Å²) < 4.78 is 26.9. The number of primary amides is 1. The fourth-order valence-corrected chi connectivity index (χ4v) is 4.68. The van der Waals surface area contributed by atoms with Gasteiger partial charge in [0.2, 0.25) is 11.8 Å². The van der Waals surface area contributed by atoms with Crippen molar-refractivity contribution in [3.8, 4) is 0 Å². The zero-order valence-corrected chi connectivity index (χ0v) is 16.9. The quantitative estimate of drug-likeness (QED) is 0.569. The zero-order chi connectivity index (χ0) is 20.9. The van der Waals surface area contributed by atoms with Gasteiger partial charge in [0.1, 0.15) is 0 Å². The predicted molar refractivity (Wildman–Crippen MR) is 102 cm³/mol. The molecule has 28 heavy (non-hydrogen) atoms. The van der Waals surface area contributed by atoms with Gasteiger partial charge >= 0.3 is 0 Å². The van der Waals surface area contributed by atoms with Crippen LogP contribution in [0.3, 0.4) is 0 Å². The summed E-state index contributed by atoms with van der Waals surface area (Å²) >= 11 is 0. The largest absolute Gasteiger partial charge is 0.390 e. The number of sulfonamides is 1. The van der Waals surface area contributed by atoms with Crippen molar-refractivity contribution in [2.45, 2.75) is 50.3 Å². The van der Waals surface area contributed by atoms with Gasteiger partial charge in [-0.1, -0.05) is 19.9 Å². The fraction of sp³-hybridized carbons (Fsp3) is 0.611. The highest BCUT2D eigenvalue weighted by Crippen LogP contribution is 2.23. The van der Waals surface area contributed by atoms with Gasteiger partial charge in [0.05, 0.1) is 12.1 Å². The molecule has 2 heterocycles. The van der Waals surface area contributed by atoms with Gasteiger partial charge in [-0.3, -0.25) is 9.59 Å². The first-order valence-electron chi connectivity index (χ1n) is 9.29. The van der Waals surface area contributed by atoms with Crippen LogP contribution in [0.5, 0.6) is 0 Å². The highest BCUT2D eigenvalue weighted by atomic mass is 32.2. The Kier molecular flexibility index (Phi) is 7.50. The number of pyridine rings is 1. The molecule has 4 atom stereocenters. The molecule has 10 heteroatoms. The molecule has 1 aromatic heterocycles. The molecule has 0 radical (unpaired) electrons. The lowest BCUT2D eigenvalue weighted by Gasteiger charge is -2.25. The van der Waals surface area contributed by atoms with Crippen LogP contribution >= 0.6 is 0 Å².